The summed E-state index contributed by atoms with van der Waals surface area (Å²) < 4.78 is 27.4. The van der Waals surface area contributed by atoms with Crippen LogP contribution >= 0.6 is 0 Å². The second-order valence-electron chi connectivity index (χ2n) is 9.32. The first kappa shape index (κ1) is 23.4. The van der Waals surface area contributed by atoms with E-state index in [0.29, 0.717) is 31.2 Å². The Balaban J connectivity index is 1.41. The van der Waals surface area contributed by atoms with E-state index in [1.807, 2.05) is 32.0 Å². The Bertz CT molecular complexity index is 1160. The lowest BCUT2D eigenvalue weighted by Crippen LogP contribution is -2.39. The van der Waals surface area contributed by atoms with Crippen molar-refractivity contribution < 1.29 is 18.0 Å². The van der Waals surface area contributed by atoms with E-state index in [0.717, 1.165) is 29.7 Å². The lowest BCUT2D eigenvalue weighted by molar-refractivity contribution is -0.122. The number of hydrogen-bond acceptors (Lipinski definition) is 4. The quantitative estimate of drug-likeness (QED) is 0.723. The van der Waals surface area contributed by atoms with E-state index >= 15 is 0 Å². The number of nitrogens with one attached hydrogen (secondary N) is 1. The smallest absolute Gasteiger partial charge is 0.243 e. The molecule has 7 nitrogen and oxygen atoms in total. The topological polar surface area (TPSA) is 86.8 Å². The van der Waals surface area contributed by atoms with Gasteiger partial charge >= 0.3 is 0 Å². The second-order valence-corrected chi connectivity index (χ2v) is 11.3. The SMILES string of the molecule is Cc1ccc(N2CC(C(=O)Nc3ccc(S(=O)(=O)N4CCCC(C)C4)cc3)CC2=O)c(C)c1. The van der Waals surface area contributed by atoms with Crippen molar-refractivity contribution in [3.63, 3.8) is 0 Å². The molecule has 2 aromatic carbocycles. The summed E-state index contributed by atoms with van der Waals surface area (Å²) in [6.07, 6.45) is 2.06. The predicted octanol–water partition coefficient (Wildman–Crippen LogP) is 3.72. The van der Waals surface area contributed by atoms with Crippen molar-refractivity contribution in [3.05, 3.63) is 53.6 Å². The molecule has 2 atom stereocenters. The number of sulfonamides is 1. The first-order chi connectivity index (χ1) is 15.6. The van der Waals surface area contributed by atoms with Gasteiger partial charge in [-0.3, -0.25) is 9.59 Å². The molecule has 0 aliphatic carbocycles. The van der Waals surface area contributed by atoms with Crippen LogP contribution in [0.2, 0.25) is 0 Å². The third kappa shape index (κ3) is 4.96. The van der Waals surface area contributed by atoms with Crippen LogP contribution in [-0.4, -0.2) is 44.2 Å². The van der Waals surface area contributed by atoms with E-state index in [1.165, 1.54) is 12.1 Å². The molecule has 2 amide bonds. The van der Waals surface area contributed by atoms with Gasteiger partial charge in [-0.2, -0.15) is 4.31 Å². The highest BCUT2D eigenvalue weighted by atomic mass is 32.2. The summed E-state index contributed by atoms with van der Waals surface area (Å²) in [6.45, 7) is 7.43. The monoisotopic (exact) mass is 469 g/mol. The molecule has 2 heterocycles. The van der Waals surface area contributed by atoms with E-state index in [1.54, 1.807) is 21.3 Å². The first-order valence-corrected chi connectivity index (χ1v) is 12.9. The van der Waals surface area contributed by atoms with Gasteiger partial charge < -0.3 is 10.2 Å². The minimum absolute atomic E-state index is 0.0701. The molecule has 2 fully saturated rings. The number of aryl methyl sites for hydroxylation is 2. The Kier molecular flexibility index (Phi) is 6.59. The number of benzene rings is 2. The number of anilines is 2. The van der Waals surface area contributed by atoms with Crippen LogP contribution < -0.4 is 10.2 Å². The van der Waals surface area contributed by atoms with Crippen LogP contribution in [0.3, 0.4) is 0 Å². The molecule has 2 aliphatic heterocycles. The standard InChI is InChI=1S/C25H31N3O4S/c1-17-6-11-23(19(3)13-17)28-16-20(14-24(28)29)25(30)26-21-7-9-22(10-8-21)33(31,32)27-12-4-5-18(2)15-27/h6-11,13,18,20H,4-5,12,14-16H2,1-3H3,(H,26,30). The summed E-state index contributed by atoms with van der Waals surface area (Å²) in [4.78, 5) is 27.3. The van der Waals surface area contributed by atoms with Gasteiger partial charge in [0.05, 0.1) is 10.8 Å². The first-order valence-electron chi connectivity index (χ1n) is 11.4. The average Bonchev–Trinajstić information content (AvgIpc) is 3.16. The van der Waals surface area contributed by atoms with Crippen molar-refractivity contribution in [2.24, 2.45) is 11.8 Å². The van der Waals surface area contributed by atoms with Crippen LogP contribution in [0.1, 0.15) is 37.3 Å². The Morgan fingerprint density at radius 2 is 1.79 bits per heavy atom. The van der Waals surface area contributed by atoms with Gasteiger partial charge in [0.1, 0.15) is 0 Å². The fourth-order valence-electron chi connectivity index (χ4n) is 4.69. The molecule has 33 heavy (non-hydrogen) atoms. The van der Waals surface area contributed by atoms with Gasteiger partial charge in [-0.25, -0.2) is 8.42 Å². The van der Waals surface area contributed by atoms with Crippen molar-refractivity contribution >= 4 is 33.2 Å². The maximum absolute atomic E-state index is 12.9. The third-order valence-corrected chi connectivity index (χ3v) is 8.40. The number of hydrogen-bond donors (Lipinski definition) is 1. The normalized spacial score (nSPS) is 21.9. The lowest BCUT2D eigenvalue weighted by atomic mass is 10.0. The zero-order chi connectivity index (χ0) is 23.8. The van der Waals surface area contributed by atoms with Gasteiger partial charge in [-0.1, -0.05) is 24.6 Å². The largest absolute Gasteiger partial charge is 0.326 e. The van der Waals surface area contributed by atoms with Crippen molar-refractivity contribution in [2.75, 3.05) is 29.9 Å². The molecule has 176 valence electrons. The van der Waals surface area contributed by atoms with Crippen LogP contribution in [0.5, 0.6) is 0 Å². The Hall–Kier alpha value is -2.71. The Morgan fingerprint density at radius 1 is 1.06 bits per heavy atom. The van der Waals surface area contributed by atoms with E-state index in [2.05, 4.69) is 12.2 Å². The molecule has 0 bridgehead atoms. The van der Waals surface area contributed by atoms with Crippen LogP contribution in [0.15, 0.2) is 47.4 Å². The number of carbonyl (C=O) groups is 2. The molecule has 8 heteroatoms. The van der Waals surface area contributed by atoms with Gasteiger partial charge in [0, 0.05) is 37.4 Å². The minimum Gasteiger partial charge on any atom is -0.326 e. The van der Waals surface area contributed by atoms with Crippen LogP contribution in [0.4, 0.5) is 11.4 Å². The van der Waals surface area contributed by atoms with Crippen LogP contribution in [0.25, 0.3) is 0 Å². The molecule has 0 aromatic heterocycles. The molecular formula is C25H31N3O4S. The number of amides is 2. The molecular weight excluding hydrogens is 438 g/mol. The van der Waals surface area contributed by atoms with Gasteiger partial charge in [-0.05, 0) is 68.5 Å². The number of rotatable bonds is 5. The summed E-state index contributed by atoms with van der Waals surface area (Å²) >= 11 is 0. The van der Waals surface area contributed by atoms with E-state index < -0.39 is 15.9 Å². The Morgan fingerprint density at radius 3 is 2.45 bits per heavy atom. The predicted molar refractivity (Wildman–Crippen MR) is 129 cm³/mol. The fraction of sp³-hybridized carbons (Fsp3) is 0.440. The molecule has 2 saturated heterocycles. The fourth-order valence-corrected chi connectivity index (χ4v) is 6.29. The van der Waals surface area contributed by atoms with Gasteiger partial charge in [-0.15, -0.1) is 0 Å². The molecule has 2 aliphatic rings. The third-order valence-electron chi connectivity index (χ3n) is 6.52. The zero-order valence-electron chi connectivity index (χ0n) is 19.4. The second kappa shape index (κ2) is 9.27. The van der Waals surface area contributed by atoms with Crippen LogP contribution in [-0.2, 0) is 19.6 Å². The van der Waals surface area contributed by atoms with Gasteiger partial charge in [0.15, 0.2) is 0 Å². The number of piperidine rings is 1. The van der Waals surface area contributed by atoms with E-state index in [9.17, 15) is 18.0 Å². The van der Waals surface area contributed by atoms with Gasteiger partial charge in [0.25, 0.3) is 0 Å². The molecule has 0 spiro atoms. The number of nitrogens with zero attached hydrogens (tertiary/aromatic N) is 2. The van der Waals surface area contributed by atoms with Crippen molar-refractivity contribution in [1.29, 1.82) is 0 Å². The molecule has 1 N–H and O–H groups in total. The summed E-state index contributed by atoms with van der Waals surface area (Å²) in [5.74, 6) is -0.420. The summed E-state index contributed by atoms with van der Waals surface area (Å²) in [7, 11) is -3.54. The maximum Gasteiger partial charge on any atom is 0.243 e. The lowest BCUT2D eigenvalue weighted by Gasteiger charge is -2.30. The van der Waals surface area contributed by atoms with Crippen molar-refractivity contribution in [2.45, 2.75) is 44.9 Å². The molecule has 0 saturated carbocycles. The van der Waals surface area contributed by atoms with Crippen LogP contribution in [0, 0.1) is 25.7 Å². The molecule has 2 aromatic rings. The molecule has 2 unspecified atom stereocenters. The summed E-state index contributed by atoms with van der Waals surface area (Å²) in [6, 6.07) is 12.2. The molecule has 4 rings (SSSR count). The highest BCUT2D eigenvalue weighted by molar-refractivity contribution is 7.89. The van der Waals surface area contributed by atoms with E-state index in [-0.39, 0.29) is 23.1 Å². The molecule has 0 radical (unpaired) electrons. The summed E-state index contributed by atoms with van der Waals surface area (Å²) in [5, 5.41) is 2.84. The number of carbonyl (C=O) groups excluding carboxylic acids is 2. The van der Waals surface area contributed by atoms with Crippen molar-refractivity contribution in [3.8, 4) is 0 Å². The van der Waals surface area contributed by atoms with Crippen molar-refractivity contribution in [1.82, 2.24) is 4.31 Å². The van der Waals surface area contributed by atoms with E-state index in [4.69, 9.17) is 0 Å². The van der Waals surface area contributed by atoms with Gasteiger partial charge in [0.2, 0.25) is 21.8 Å². The Labute approximate surface area is 195 Å². The average molecular weight is 470 g/mol. The zero-order valence-corrected chi connectivity index (χ0v) is 20.2. The maximum atomic E-state index is 12.9. The minimum atomic E-state index is -3.54. The highest BCUT2D eigenvalue weighted by Crippen LogP contribution is 2.29. The summed E-state index contributed by atoms with van der Waals surface area (Å²) in [5.41, 5.74) is 3.48. The highest BCUT2D eigenvalue weighted by Gasteiger charge is 2.36.